The summed E-state index contributed by atoms with van der Waals surface area (Å²) >= 11 is 0. The Morgan fingerprint density at radius 1 is 1.26 bits per heavy atom. The van der Waals surface area contributed by atoms with Gasteiger partial charge in [-0.25, -0.2) is 0 Å². The van der Waals surface area contributed by atoms with E-state index in [0.717, 1.165) is 55.9 Å². The van der Waals surface area contributed by atoms with Crippen molar-refractivity contribution < 1.29 is 9.53 Å². The van der Waals surface area contributed by atoms with Gasteiger partial charge >= 0.3 is 0 Å². The first kappa shape index (κ1) is 16.3. The minimum absolute atomic E-state index is 0.0922. The van der Waals surface area contributed by atoms with E-state index >= 15 is 0 Å². The second-order valence-corrected chi connectivity index (χ2v) is 6.59. The molecule has 23 heavy (non-hydrogen) atoms. The van der Waals surface area contributed by atoms with Gasteiger partial charge in [-0.2, -0.15) is 0 Å². The first-order chi connectivity index (χ1) is 11.2. The van der Waals surface area contributed by atoms with Crippen molar-refractivity contribution in [2.75, 3.05) is 32.8 Å². The highest BCUT2D eigenvalue weighted by Crippen LogP contribution is 2.44. The highest BCUT2D eigenvalue weighted by molar-refractivity contribution is 5.94. The molecule has 0 spiro atoms. The van der Waals surface area contributed by atoms with E-state index in [-0.39, 0.29) is 5.91 Å². The molecule has 2 aliphatic rings. The summed E-state index contributed by atoms with van der Waals surface area (Å²) in [6.07, 6.45) is 3.89. The number of ether oxygens (including phenoxy) is 1. The summed E-state index contributed by atoms with van der Waals surface area (Å²) in [4.78, 5) is 16.7. The third-order valence-corrected chi connectivity index (χ3v) is 5.15. The van der Waals surface area contributed by atoms with Crippen molar-refractivity contribution in [3.8, 4) is 5.75 Å². The number of likely N-dealkylation sites (tertiary alicyclic amines) is 1. The number of rotatable bonds is 8. The molecule has 1 aliphatic heterocycles. The lowest BCUT2D eigenvalue weighted by molar-refractivity contribution is 0.0773. The fourth-order valence-corrected chi connectivity index (χ4v) is 3.61. The SMILES string of the molecule is CCN(CC)C(=O)c1ccc(OCCCN2CCC3CC32)cc1. The van der Waals surface area contributed by atoms with Crippen LogP contribution in [0.3, 0.4) is 0 Å². The number of hydrogen-bond donors (Lipinski definition) is 0. The van der Waals surface area contributed by atoms with Gasteiger partial charge in [0.2, 0.25) is 0 Å². The summed E-state index contributed by atoms with van der Waals surface area (Å²) in [6.45, 7) is 8.67. The second-order valence-electron chi connectivity index (χ2n) is 6.59. The maximum atomic E-state index is 12.2. The molecule has 2 fully saturated rings. The zero-order valence-electron chi connectivity index (χ0n) is 14.3. The van der Waals surface area contributed by atoms with E-state index in [1.807, 2.05) is 43.0 Å². The Kier molecular flexibility index (Phi) is 5.21. The first-order valence-electron chi connectivity index (χ1n) is 8.99. The van der Waals surface area contributed by atoms with Gasteiger partial charge in [0.25, 0.3) is 5.91 Å². The Bertz CT molecular complexity index is 525. The predicted molar refractivity (Wildman–Crippen MR) is 91.9 cm³/mol. The third kappa shape index (κ3) is 3.86. The van der Waals surface area contributed by atoms with E-state index in [4.69, 9.17) is 4.74 Å². The van der Waals surface area contributed by atoms with Gasteiger partial charge in [0.15, 0.2) is 0 Å². The molecule has 1 aromatic carbocycles. The third-order valence-electron chi connectivity index (χ3n) is 5.15. The molecule has 0 N–H and O–H groups in total. The molecule has 1 aliphatic carbocycles. The molecule has 1 saturated carbocycles. The molecular formula is C19H28N2O2. The van der Waals surface area contributed by atoms with E-state index in [9.17, 15) is 4.79 Å². The Labute approximate surface area is 139 Å². The first-order valence-corrected chi connectivity index (χ1v) is 8.99. The summed E-state index contributed by atoms with van der Waals surface area (Å²) < 4.78 is 5.81. The van der Waals surface area contributed by atoms with Crippen molar-refractivity contribution in [1.82, 2.24) is 9.80 Å². The van der Waals surface area contributed by atoms with Crippen LogP contribution >= 0.6 is 0 Å². The molecule has 0 aromatic heterocycles. The number of hydrogen-bond acceptors (Lipinski definition) is 3. The monoisotopic (exact) mass is 316 g/mol. The van der Waals surface area contributed by atoms with Gasteiger partial charge in [0.1, 0.15) is 5.75 Å². The second kappa shape index (κ2) is 7.35. The van der Waals surface area contributed by atoms with Crippen LogP contribution in [0.5, 0.6) is 5.75 Å². The standard InChI is InChI=1S/C19H28N2O2/c1-3-20(4-2)19(22)15-6-8-17(9-7-15)23-13-5-11-21-12-10-16-14-18(16)21/h6-9,16,18H,3-5,10-14H2,1-2H3. The zero-order valence-corrected chi connectivity index (χ0v) is 14.3. The normalized spacial score (nSPS) is 22.7. The van der Waals surface area contributed by atoms with Gasteiger partial charge in [-0.1, -0.05) is 0 Å². The Hall–Kier alpha value is -1.55. The topological polar surface area (TPSA) is 32.8 Å². The number of fused-ring (bicyclic) bond motifs is 1. The van der Waals surface area contributed by atoms with Gasteiger partial charge < -0.3 is 9.64 Å². The largest absolute Gasteiger partial charge is 0.494 e. The fourth-order valence-electron chi connectivity index (χ4n) is 3.61. The minimum atomic E-state index is 0.0922. The van der Waals surface area contributed by atoms with Crippen molar-refractivity contribution in [3.05, 3.63) is 29.8 Å². The van der Waals surface area contributed by atoms with E-state index in [0.29, 0.717) is 0 Å². The lowest BCUT2D eigenvalue weighted by Gasteiger charge is -2.19. The average molecular weight is 316 g/mol. The summed E-state index contributed by atoms with van der Waals surface area (Å²) in [7, 11) is 0. The maximum Gasteiger partial charge on any atom is 0.253 e. The summed E-state index contributed by atoms with van der Waals surface area (Å²) in [5.74, 6) is 1.95. The molecule has 2 atom stereocenters. The number of benzene rings is 1. The van der Waals surface area contributed by atoms with Crippen LogP contribution in [0.25, 0.3) is 0 Å². The van der Waals surface area contributed by atoms with E-state index < -0.39 is 0 Å². The van der Waals surface area contributed by atoms with Crippen molar-refractivity contribution in [2.45, 2.75) is 39.2 Å². The number of amides is 1. The molecular weight excluding hydrogens is 288 g/mol. The highest BCUT2D eigenvalue weighted by atomic mass is 16.5. The number of carbonyl (C=O) groups is 1. The molecule has 0 bridgehead atoms. The number of piperidine rings is 1. The zero-order chi connectivity index (χ0) is 16.2. The summed E-state index contributed by atoms with van der Waals surface area (Å²) in [6, 6.07) is 8.43. The van der Waals surface area contributed by atoms with Gasteiger partial charge in [-0.3, -0.25) is 9.69 Å². The number of carbonyl (C=O) groups excluding carboxylic acids is 1. The van der Waals surface area contributed by atoms with Crippen LogP contribution in [0.2, 0.25) is 0 Å². The smallest absolute Gasteiger partial charge is 0.253 e. The van der Waals surface area contributed by atoms with Crippen LogP contribution in [0.15, 0.2) is 24.3 Å². The van der Waals surface area contributed by atoms with Gasteiger partial charge in [-0.05, 0) is 69.8 Å². The van der Waals surface area contributed by atoms with Crippen LogP contribution in [-0.2, 0) is 0 Å². The molecule has 1 amide bonds. The van der Waals surface area contributed by atoms with Crippen molar-refractivity contribution >= 4 is 5.91 Å². The number of nitrogens with zero attached hydrogens (tertiary/aromatic N) is 2. The molecule has 4 heteroatoms. The maximum absolute atomic E-state index is 12.2. The molecule has 126 valence electrons. The molecule has 4 nitrogen and oxygen atoms in total. The predicted octanol–water partition coefficient (Wildman–Crippen LogP) is 3.03. The molecule has 1 saturated heterocycles. The van der Waals surface area contributed by atoms with Crippen molar-refractivity contribution in [3.63, 3.8) is 0 Å². The van der Waals surface area contributed by atoms with Gasteiger partial charge in [0, 0.05) is 31.2 Å². The van der Waals surface area contributed by atoms with Crippen molar-refractivity contribution in [2.24, 2.45) is 5.92 Å². The van der Waals surface area contributed by atoms with Gasteiger partial charge in [0.05, 0.1) is 6.61 Å². The van der Waals surface area contributed by atoms with E-state index in [1.165, 1.54) is 19.4 Å². The molecule has 1 aromatic rings. The van der Waals surface area contributed by atoms with Crippen LogP contribution < -0.4 is 4.74 Å². The van der Waals surface area contributed by atoms with E-state index in [2.05, 4.69) is 4.90 Å². The average Bonchev–Trinajstić information content (AvgIpc) is 3.26. The Morgan fingerprint density at radius 2 is 2.00 bits per heavy atom. The minimum Gasteiger partial charge on any atom is -0.494 e. The fraction of sp³-hybridized carbons (Fsp3) is 0.632. The van der Waals surface area contributed by atoms with Crippen LogP contribution in [0.1, 0.15) is 43.5 Å². The van der Waals surface area contributed by atoms with E-state index in [1.54, 1.807) is 0 Å². The molecule has 0 radical (unpaired) electrons. The Balaban J connectivity index is 1.41. The van der Waals surface area contributed by atoms with Crippen LogP contribution in [-0.4, -0.2) is 54.5 Å². The molecule has 1 heterocycles. The molecule has 3 rings (SSSR count). The highest BCUT2D eigenvalue weighted by Gasteiger charge is 2.46. The summed E-state index contributed by atoms with van der Waals surface area (Å²) in [5.41, 5.74) is 0.734. The van der Waals surface area contributed by atoms with Crippen LogP contribution in [0.4, 0.5) is 0 Å². The molecule has 2 unspecified atom stereocenters. The lowest BCUT2D eigenvalue weighted by Crippen LogP contribution is -2.30. The van der Waals surface area contributed by atoms with Crippen molar-refractivity contribution in [1.29, 1.82) is 0 Å². The lowest BCUT2D eigenvalue weighted by atomic mass is 10.2. The summed E-state index contributed by atoms with van der Waals surface area (Å²) in [5, 5.41) is 0. The van der Waals surface area contributed by atoms with Gasteiger partial charge in [-0.15, -0.1) is 0 Å². The quantitative estimate of drug-likeness (QED) is 0.691. The van der Waals surface area contributed by atoms with Crippen LogP contribution in [0, 0.1) is 5.92 Å². The Morgan fingerprint density at radius 3 is 2.57 bits per heavy atom.